The maximum atomic E-state index is 15.4. The van der Waals surface area contributed by atoms with E-state index >= 15 is 13.0 Å². The van der Waals surface area contributed by atoms with Crippen molar-refractivity contribution in [3.05, 3.63) is 247 Å². The number of aromatic nitrogens is 1. The monoisotopic (exact) mass is 836 g/mol. The molecule has 2 aliphatic heterocycles. The third-order valence-electron chi connectivity index (χ3n) is 12.9. The molecule has 62 heavy (non-hydrogen) atoms. The van der Waals surface area contributed by atoms with Gasteiger partial charge in [-0.25, -0.2) is 8.42 Å². The van der Waals surface area contributed by atoms with Crippen molar-refractivity contribution < 1.29 is 13.0 Å². The zero-order chi connectivity index (χ0) is 41.6. The van der Waals surface area contributed by atoms with Gasteiger partial charge in [0.1, 0.15) is 0 Å². The molecule has 0 aliphatic carbocycles. The summed E-state index contributed by atoms with van der Waals surface area (Å²) in [6, 6.07) is 74.4. The Morgan fingerprint density at radius 3 is 1.53 bits per heavy atom. The molecule has 1 aromatic heterocycles. The van der Waals surface area contributed by atoms with Gasteiger partial charge in [-0.3, -0.25) is 0 Å². The van der Waals surface area contributed by atoms with E-state index in [0.717, 1.165) is 82.7 Å². The molecule has 5 nitrogen and oxygen atoms in total. The highest BCUT2D eigenvalue weighted by Crippen LogP contribution is 2.63. The Hall–Kier alpha value is -7.24. The van der Waals surface area contributed by atoms with Crippen LogP contribution in [-0.4, -0.2) is 13.0 Å². The summed E-state index contributed by atoms with van der Waals surface area (Å²) in [6.07, 6.45) is 0. The Balaban J connectivity index is 1.18. The van der Waals surface area contributed by atoms with Crippen molar-refractivity contribution in [2.24, 2.45) is 0 Å². The first kappa shape index (κ1) is 36.6. The lowest BCUT2D eigenvalue weighted by Gasteiger charge is -2.49. The summed E-state index contributed by atoms with van der Waals surface area (Å²) in [5.41, 5.74) is 8.10. The van der Waals surface area contributed by atoms with Gasteiger partial charge in [0.15, 0.2) is 7.14 Å². The van der Waals surface area contributed by atoms with Gasteiger partial charge in [0, 0.05) is 43.6 Å². The zero-order valence-corrected chi connectivity index (χ0v) is 35.0. The van der Waals surface area contributed by atoms with E-state index in [1.54, 1.807) is 6.07 Å². The summed E-state index contributed by atoms with van der Waals surface area (Å²) < 4.78 is 48.0. The largest absolute Gasteiger partial charge is 0.310 e. The molecule has 0 N–H and O–H groups in total. The molecule has 0 amide bonds. The van der Waals surface area contributed by atoms with Crippen molar-refractivity contribution in [2.45, 2.75) is 15.2 Å². The average molecular weight is 837 g/mol. The molecule has 9 aromatic carbocycles. The van der Waals surface area contributed by atoms with Crippen molar-refractivity contribution in [1.82, 2.24) is 4.57 Å². The van der Waals surface area contributed by atoms with E-state index in [1.807, 2.05) is 133 Å². The van der Waals surface area contributed by atoms with Crippen LogP contribution in [0, 0.1) is 0 Å². The van der Waals surface area contributed by atoms with Crippen LogP contribution in [0.25, 0.3) is 27.5 Å². The van der Waals surface area contributed by atoms with E-state index in [-0.39, 0.29) is 0 Å². The molecular formula is C55H37N2O3PS. The number of nitrogens with zero attached hydrogens (tertiary/aromatic N) is 2. The first-order valence-corrected chi connectivity index (χ1v) is 23.9. The molecule has 2 aliphatic rings. The SMILES string of the molecule is O=P(c1ccccc1)(c1ccccc1)c1ccc(-n2c3ccccc3c3c4c(ccc32)S(=O)(=O)c2ccccc2C42c3ccccc3N(c3ccccc3)c3ccccc32)cc1. The minimum atomic E-state index is -3.99. The number of benzene rings is 9. The molecule has 0 saturated carbocycles. The minimum Gasteiger partial charge on any atom is -0.310 e. The second kappa shape index (κ2) is 13.6. The summed E-state index contributed by atoms with van der Waals surface area (Å²) in [4.78, 5) is 2.91. The third-order valence-corrected chi connectivity index (χ3v) is 17.8. The van der Waals surface area contributed by atoms with Crippen LogP contribution in [0.4, 0.5) is 17.1 Å². The average Bonchev–Trinajstić information content (AvgIpc) is 3.68. The second-order valence-electron chi connectivity index (χ2n) is 15.9. The summed E-state index contributed by atoms with van der Waals surface area (Å²) in [5, 5.41) is 4.09. The summed E-state index contributed by atoms with van der Waals surface area (Å²) >= 11 is 0. The number of para-hydroxylation sites is 4. The number of anilines is 3. The van der Waals surface area contributed by atoms with Crippen LogP contribution in [0.2, 0.25) is 0 Å². The zero-order valence-electron chi connectivity index (χ0n) is 33.3. The first-order valence-electron chi connectivity index (χ1n) is 20.7. The van der Waals surface area contributed by atoms with Crippen LogP contribution in [0.5, 0.6) is 0 Å². The number of sulfone groups is 1. The van der Waals surface area contributed by atoms with E-state index in [1.165, 1.54) is 0 Å². The van der Waals surface area contributed by atoms with E-state index in [0.29, 0.717) is 9.79 Å². The molecule has 0 bridgehead atoms. The standard InChI is InChI=1S/C55H37N2O3PS/c58-61(40-20-6-2-7-21-40,41-22-8-3-9-23-41)42-34-32-39(33-35-42)56-47-28-14-10-24-43(47)53-50(56)36-37-52-54(53)55(46-27-13-17-31-51(46)62(52,59)60)44-25-11-15-29-48(44)57(38-18-4-1-5-19-38)49-30-16-12-26-45(49)55/h1-37H. The lowest BCUT2D eigenvalue weighted by Crippen LogP contribution is -2.42. The lowest BCUT2D eigenvalue weighted by atomic mass is 9.61. The fourth-order valence-electron chi connectivity index (χ4n) is 10.4. The molecular weight excluding hydrogens is 800 g/mol. The third kappa shape index (κ3) is 4.90. The Bertz CT molecular complexity index is 3480. The number of hydrogen-bond donors (Lipinski definition) is 0. The molecule has 0 saturated heterocycles. The van der Waals surface area contributed by atoms with Crippen LogP contribution in [-0.2, 0) is 19.8 Å². The fraction of sp³-hybridized carbons (Fsp3) is 0.0182. The number of hydrogen-bond acceptors (Lipinski definition) is 4. The van der Waals surface area contributed by atoms with Gasteiger partial charge in [0.25, 0.3) is 0 Å². The fourth-order valence-corrected chi connectivity index (χ4v) is 14.8. The van der Waals surface area contributed by atoms with Crippen molar-refractivity contribution >= 4 is 71.8 Å². The van der Waals surface area contributed by atoms with Gasteiger partial charge in [0.2, 0.25) is 9.84 Å². The predicted molar refractivity (Wildman–Crippen MR) is 252 cm³/mol. The van der Waals surface area contributed by atoms with Crippen LogP contribution >= 0.6 is 7.14 Å². The minimum absolute atomic E-state index is 0.298. The van der Waals surface area contributed by atoms with Crippen LogP contribution in [0.3, 0.4) is 0 Å². The highest BCUT2D eigenvalue weighted by molar-refractivity contribution is 7.91. The molecule has 0 unspecified atom stereocenters. The molecule has 296 valence electrons. The van der Waals surface area contributed by atoms with E-state index in [2.05, 4.69) is 94.4 Å². The van der Waals surface area contributed by atoms with Crippen LogP contribution in [0.1, 0.15) is 22.3 Å². The molecule has 0 fully saturated rings. The van der Waals surface area contributed by atoms with Gasteiger partial charge >= 0.3 is 0 Å². The topological polar surface area (TPSA) is 59.4 Å². The van der Waals surface area contributed by atoms with E-state index in [4.69, 9.17) is 0 Å². The van der Waals surface area contributed by atoms with Crippen LogP contribution in [0.15, 0.2) is 234 Å². The number of fused-ring (bicyclic) bond motifs is 12. The highest BCUT2D eigenvalue weighted by atomic mass is 32.2. The van der Waals surface area contributed by atoms with Gasteiger partial charge in [-0.15, -0.1) is 0 Å². The molecule has 12 rings (SSSR count). The maximum Gasteiger partial charge on any atom is 0.207 e. The molecule has 3 heterocycles. The Morgan fingerprint density at radius 1 is 0.403 bits per heavy atom. The predicted octanol–water partition coefficient (Wildman–Crippen LogP) is 11.7. The molecule has 0 radical (unpaired) electrons. The van der Waals surface area contributed by atoms with Crippen molar-refractivity contribution in [3.63, 3.8) is 0 Å². The van der Waals surface area contributed by atoms with Gasteiger partial charge < -0.3 is 14.0 Å². The lowest BCUT2D eigenvalue weighted by molar-refractivity contribution is 0.579. The van der Waals surface area contributed by atoms with Crippen molar-refractivity contribution in [3.8, 4) is 5.69 Å². The smallest absolute Gasteiger partial charge is 0.207 e. The van der Waals surface area contributed by atoms with E-state index < -0.39 is 22.4 Å². The highest BCUT2D eigenvalue weighted by Gasteiger charge is 2.54. The second-order valence-corrected chi connectivity index (χ2v) is 20.6. The van der Waals surface area contributed by atoms with Gasteiger partial charge in [-0.05, 0) is 89.5 Å². The number of rotatable bonds is 5. The van der Waals surface area contributed by atoms with Crippen molar-refractivity contribution in [1.29, 1.82) is 0 Å². The van der Waals surface area contributed by atoms with Crippen LogP contribution < -0.4 is 20.8 Å². The summed E-state index contributed by atoms with van der Waals surface area (Å²) in [6.45, 7) is 0. The normalized spacial score (nSPS) is 14.5. The quantitative estimate of drug-likeness (QED) is 0.162. The first-order chi connectivity index (χ1) is 30.4. The van der Waals surface area contributed by atoms with Gasteiger partial charge in [-0.2, -0.15) is 0 Å². The maximum absolute atomic E-state index is 15.4. The Morgan fingerprint density at radius 2 is 0.903 bits per heavy atom. The summed E-state index contributed by atoms with van der Waals surface area (Å²) in [7, 11) is -7.21. The van der Waals surface area contributed by atoms with Gasteiger partial charge in [0.05, 0.1) is 37.6 Å². The Kier molecular flexibility index (Phi) is 8.05. The molecule has 1 spiro atoms. The van der Waals surface area contributed by atoms with Crippen molar-refractivity contribution in [2.75, 3.05) is 4.90 Å². The molecule has 7 heteroatoms. The summed E-state index contributed by atoms with van der Waals surface area (Å²) in [5.74, 6) is 0. The van der Waals surface area contributed by atoms with Gasteiger partial charge in [-0.1, -0.05) is 152 Å². The molecule has 0 atom stereocenters. The Labute approximate surface area is 360 Å². The molecule has 10 aromatic rings. The van der Waals surface area contributed by atoms with E-state index in [9.17, 15) is 0 Å².